The fourth-order valence-corrected chi connectivity index (χ4v) is 3.63. The maximum atomic E-state index is 13.0. The first-order valence-electron chi connectivity index (χ1n) is 9.81. The van der Waals surface area contributed by atoms with Gasteiger partial charge in [0.1, 0.15) is 5.76 Å². The van der Waals surface area contributed by atoms with Crippen LogP contribution in [0, 0.1) is 6.92 Å². The number of aryl methyl sites for hydroxylation is 1. The van der Waals surface area contributed by atoms with Crippen molar-refractivity contribution in [1.29, 1.82) is 0 Å². The van der Waals surface area contributed by atoms with Crippen LogP contribution in [0.4, 0.5) is 13.2 Å². The average molecular weight is 410 g/mol. The molecule has 1 saturated heterocycles. The number of alkyl halides is 3. The predicted octanol–water partition coefficient (Wildman–Crippen LogP) is 4.98. The van der Waals surface area contributed by atoms with E-state index in [0.717, 1.165) is 37.9 Å². The minimum Gasteiger partial charge on any atom is -0.466 e. The number of ether oxygens (including phenoxy) is 1. The summed E-state index contributed by atoms with van der Waals surface area (Å²) < 4.78 is 49.7. The van der Waals surface area contributed by atoms with Gasteiger partial charge in [-0.2, -0.15) is 13.2 Å². The normalized spacial score (nSPS) is 18.0. The number of aromatic nitrogens is 1. The summed E-state index contributed by atoms with van der Waals surface area (Å²) in [7, 11) is 0. The van der Waals surface area contributed by atoms with E-state index in [1.807, 2.05) is 0 Å². The molecule has 1 aromatic carbocycles. The van der Waals surface area contributed by atoms with Crippen molar-refractivity contribution in [3.8, 4) is 11.5 Å². The third-order valence-electron chi connectivity index (χ3n) is 5.14. The lowest BCUT2D eigenvalue weighted by atomic mass is 9.99. The second kappa shape index (κ2) is 8.98. The number of halogens is 3. The average Bonchev–Trinajstić information content (AvgIpc) is 3.03. The topological polar surface area (TPSA) is 55.6 Å². The molecule has 158 valence electrons. The molecule has 0 radical (unpaired) electrons. The van der Waals surface area contributed by atoms with Gasteiger partial charge < -0.3 is 9.15 Å². The van der Waals surface area contributed by atoms with E-state index in [-0.39, 0.29) is 23.5 Å². The molecule has 29 heavy (non-hydrogen) atoms. The second-order valence-electron chi connectivity index (χ2n) is 7.23. The Morgan fingerprint density at radius 1 is 1.34 bits per heavy atom. The Kier molecular flexibility index (Phi) is 6.62. The Morgan fingerprint density at radius 2 is 2.14 bits per heavy atom. The lowest BCUT2D eigenvalue weighted by molar-refractivity contribution is -0.145. The van der Waals surface area contributed by atoms with Crippen molar-refractivity contribution >= 4 is 5.97 Å². The molecular weight excluding hydrogens is 385 g/mol. The highest BCUT2D eigenvalue weighted by Gasteiger charge is 2.31. The van der Waals surface area contributed by atoms with E-state index in [0.29, 0.717) is 31.0 Å². The summed E-state index contributed by atoms with van der Waals surface area (Å²) in [5, 5.41) is 0. The summed E-state index contributed by atoms with van der Waals surface area (Å²) in [5.41, 5.74) is 0.224. The van der Waals surface area contributed by atoms with Crippen LogP contribution in [0.15, 0.2) is 28.7 Å². The Bertz CT molecular complexity index is 848. The molecular formula is C21H25F3N2O3. The number of likely N-dealkylation sites (tertiary alicyclic amines) is 1. The third-order valence-corrected chi connectivity index (χ3v) is 5.14. The van der Waals surface area contributed by atoms with Gasteiger partial charge in [0.05, 0.1) is 24.3 Å². The zero-order valence-corrected chi connectivity index (χ0v) is 16.6. The van der Waals surface area contributed by atoms with Gasteiger partial charge in [0.25, 0.3) is 0 Å². The Morgan fingerprint density at radius 3 is 2.86 bits per heavy atom. The van der Waals surface area contributed by atoms with Crippen LogP contribution in [0.3, 0.4) is 0 Å². The fraction of sp³-hybridized carbons (Fsp3) is 0.524. The van der Waals surface area contributed by atoms with E-state index < -0.39 is 11.7 Å². The zero-order valence-electron chi connectivity index (χ0n) is 16.6. The first-order valence-corrected chi connectivity index (χ1v) is 9.81. The molecule has 1 aliphatic rings. The molecule has 2 aromatic rings. The highest BCUT2D eigenvalue weighted by atomic mass is 19.4. The molecule has 3 rings (SSSR count). The van der Waals surface area contributed by atoms with Crippen molar-refractivity contribution < 1.29 is 27.1 Å². The minimum atomic E-state index is -4.42. The van der Waals surface area contributed by atoms with Gasteiger partial charge in [0, 0.05) is 18.2 Å². The number of hydrogen-bond acceptors (Lipinski definition) is 5. The zero-order chi connectivity index (χ0) is 21.0. The highest BCUT2D eigenvalue weighted by Crippen LogP contribution is 2.33. The molecule has 0 saturated carbocycles. The van der Waals surface area contributed by atoms with Gasteiger partial charge >= 0.3 is 12.1 Å². The summed E-state index contributed by atoms with van der Waals surface area (Å²) in [4.78, 5) is 18.5. The lowest BCUT2D eigenvalue weighted by Crippen LogP contribution is -2.40. The number of hydrogen-bond donors (Lipinski definition) is 0. The van der Waals surface area contributed by atoms with Crippen LogP contribution in [0.1, 0.15) is 49.6 Å². The van der Waals surface area contributed by atoms with Crippen molar-refractivity contribution in [2.45, 2.75) is 58.3 Å². The van der Waals surface area contributed by atoms with Gasteiger partial charge in [-0.1, -0.05) is 12.5 Å². The third kappa shape index (κ3) is 5.38. The summed E-state index contributed by atoms with van der Waals surface area (Å²) in [6, 6.07) is 5.02. The molecule has 1 fully saturated rings. The number of nitrogens with zero attached hydrogens (tertiary/aromatic N) is 2. The standard InChI is InChI=1S/C21H25F3N2O3/c1-3-28-19(27)12-17-9-4-5-10-26(17)13-18-14(2)29-20(25-18)15-7-6-8-16(11-15)21(22,23)24/h6-8,11,17H,3-5,9-10,12-13H2,1-2H3/t17-/m1/s1. The molecule has 2 heterocycles. The van der Waals surface area contributed by atoms with Crippen LogP contribution in [0.25, 0.3) is 11.5 Å². The number of esters is 1. The molecule has 1 atom stereocenters. The SMILES string of the molecule is CCOC(=O)C[C@H]1CCCCN1Cc1nc(-c2cccc(C(F)(F)F)c2)oc1C. The smallest absolute Gasteiger partial charge is 0.416 e. The van der Waals surface area contributed by atoms with Crippen LogP contribution < -0.4 is 0 Å². The van der Waals surface area contributed by atoms with E-state index in [1.165, 1.54) is 6.07 Å². The van der Waals surface area contributed by atoms with E-state index in [2.05, 4.69) is 9.88 Å². The molecule has 0 N–H and O–H groups in total. The van der Waals surface area contributed by atoms with Crippen LogP contribution in [-0.4, -0.2) is 35.0 Å². The first kappa shape index (κ1) is 21.4. The Hall–Kier alpha value is -2.35. The number of carbonyl (C=O) groups excluding carboxylic acids is 1. The van der Waals surface area contributed by atoms with Gasteiger partial charge in [-0.25, -0.2) is 4.98 Å². The van der Waals surface area contributed by atoms with E-state index in [4.69, 9.17) is 9.15 Å². The van der Waals surface area contributed by atoms with Gasteiger partial charge in [-0.05, 0) is 51.4 Å². The van der Waals surface area contributed by atoms with Crippen molar-refractivity contribution in [3.63, 3.8) is 0 Å². The second-order valence-corrected chi connectivity index (χ2v) is 7.23. The van der Waals surface area contributed by atoms with Gasteiger partial charge in [-0.3, -0.25) is 9.69 Å². The van der Waals surface area contributed by atoms with Crippen molar-refractivity contribution in [3.05, 3.63) is 41.3 Å². The molecule has 0 amide bonds. The van der Waals surface area contributed by atoms with Crippen molar-refractivity contribution in [2.75, 3.05) is 13.2 Å². The van der Waals surface area contributed by atoms with E-state index in [9.17, 15) is 18.0 Å². The highest BCUT2D eigenvalue weighted by molar-refractivity contribution is 5.70. The lowest BCUT2D eigenvalue weighted by Gasteiger charge is -2.34. The number of oxazole rings is 1. The molecule has 0 aliphatic carbocycles. The molecule has 8 heteroatoms. The molecule has 0 unspecified atom stereocenters. The number of rotatable bonds is 6. The summed E-state index contributed by atoms with van der Waals surface area (Å²) in [6.07, 6.45) is -1.12. The van der Waals surface area contributed by atoms with Crippen molar-refractivity contribution in [1.82, 2.24) is 9.88 Å². The molecule has 0 bridgehead atoms. The number of piperidine rings is 1. The molecule has 5 nitrogen and oxygen atoms in total. The van der Waals surface area contributed by atoms with Gasteiger partial charge in [-0.15, -0.1) is 0 Å². The van der Waals surface area contributed by atoms with E-state index in [1.54, 1.807) is 19.9 Å². The fourth-order valence-electron chi connectivity index (χ4n) is 3.63. The number of carbonyl (C=O) groups is 1. The molecule has 1 aliphatic heterocycles. The number of benzene rings is 1. The van der Waals surface area contributed by atoms with Crippen LogP contribution >= 0.6 is 0 Å². The minimum absolute atomic E-state index is 0.0657. The van der Waals surface area contributed by atoms with E-state index >= 15 is 0 Å². The van der Waals surface area contributed by atoms with Crippen LogP contribution in [-0.2, 0) is 22.3 Å². The Labute approximate surface area is 167 Å². The largest absolute Gasteiger partial charge is 0.466 e. The van der Waals surface area contributed by atoms with Crippen LogP contribution in [0.2, 0.25) is 0 Å². The van der Waals surface area contributed by atoms with Crippen LogP contribution in [0.5, 0.6) is 0 Å². The summed E-state index contributed by atoms with van der Waals surface area (Å²) in [5.74, 6) is 0.520. The maximum absolute atomic E-state index is 13.0. The van der Waals surface area contributed by atoms with Gasteiger partial charge in [0.15, 0.2) is 0 Å². The molecule has 1 aromatic heterocycles. The summed E-state index contributed by atoms with van der Waals surface area (Å²) >= 11 is 0. The summed E-state index contributed by atoms with van der Waals surface area (Å²) in [6.45, 7) is 5.20. The molecule has 0 spiro atoms. The van der Waals surface area contributed by atoms with Crippen molar-refractivity contribution in [2.24, 2.45) is 0 Å². The predicted molar refractivity (Wildman–Crippen MR) is 101 cm³/mol. The monoisotopic (exact) mass is 410 g/mol. The first-order chi connectivity index (χ1) is 13.8. The Balaban J connectivity index is 1.77. The maximum Gasteiger partial charge on any atom is 0.416 e. The quantitative estimate of drug-likeness (QED) is 0.629. The van der Waals surface area contributed by atoms with Gasteiger partial charge in [0.2, 0.25) is 5.89 Å².